The molecule has 23 heavy (non-hydrogen) atoms. The van der Waals surface area contributed by atoms with Crippen LogP contribution in [0.4, 0.5) is 0 Å². The van der Waals surface area contributed by atoms with Crippen LogP contribution in [-0.4, -0.2) is 26.7 Å². The summed E-state index contributed by atoms with van der Waals surface area (Å²) in [4.78, 5) is 0. The van der Waals surface area contributed by atoms with Crippen molar-refractivity contribution < 1.29 is 13.5 Å². The molecule has 1 aliphatic carbocycles. The van der Waals surface area contributed by atoms with E-state index < -0.39 is 10.0 Å². The number of nitrogens with one attached hydrogen (secondary N) is 1. The number of hydrogen-bond donors (Lipinski definition) is 2. The summed E-state index contributed by atoms with van der Waals surface area (Å²) in [5.74, 6) is 0.324. The highest BCUT2D eigenvalue weighted by Crippen LogP contribution is 2.47. The van der Waals surface area contributed by atoms with E-state index in [1.165, 1.54) is 5.41 Å². The van der Waals surface area contributed by atoms with Crippen molar-refractivity contribution in [1.29, 1.82) is 0 Å². The Morgan fingerprint density at radius 3 is 2.48 bits per heavy atom. The van der Waals surface area contributed by atoms with Gasteiger partial charge in [0.1, 0.15) is 0 Å². The summed E-state index contributed by atoms with van der Waals surface area (Å²) >= 11 is 0. The van der Waals surface area contributed by atoms with Crippen molar-refractivity contribution in [3.05, 3.63) is 40.8 Å². The van der Waals surface area contributed by atoms with E-state index in [0.29, 0.717) is 12.5 Å². The molecule has 0 aromatic heterocycles. The molecule has 1 saturated carbocycles. The zero-order chi connectivity index (χ0) is 16.9. The van der Waals surface area contributed by atoms with Gasteiger partial charge < -0.3 is 5.11 Å². The van der Waals surface area contributed by atoms with Gasteiger partial charge in [-0.3, -0.25) is 0 Å². The normalized spacial score (nSPS) is 18.7. The monoisotopic (exact) mass is 337 g/mol. The highest BCUT2D eigenvalue weighted by molar-refractivity contribution is 7.92. The van der Waals surface area contributed by atoms with Crippen LogP contribution in [-0.2, 0) is 10.0 Å². The molecule has 0 amide bonds. The first kappa shape index (κ1) is 18.2. The molecule has 0 spiro atoms. The van der Waals surface area contributed by atoms with Gasteiger partial charge in [-0.2, -0.15) is 0 Å². The van der Waals surface area contributed by atoms with E-state index in [1.807, 2.05) is 31.2 Å². The maximum Gasteiger partial charge on any atom is 0.233 e. The first-order chi connectivity index (χ1) is 10.9. The van der Waals surface area contributed by atoms with Gasteiger partial charge in [0.2, 0.25) is 10.0 Å². The third kappa shape index (κ3) is 4.90. The van der Waals surface area contributed by atoms with Gasteiger partial charge in [-0.1, -0.05) is 43.2 Å². The van der Waals surface area contributed by atoms with Gasteiger partial charge in [0.15, 0.2) is 0 Å². The average Bonchev–Trinajstić information content (AvgIpc) is 2.46. The summed E-state index contributed by atoms with van der Waals surface area (Å²) in [6, 6.07) is 7.72. The second kappa shape index (κ2) is 7.60. The van der Waals surface area contributed by atoms with Gasteiger partial charge in [-0.05, 0) is 49.2 Å². The first-order valence-corrected chi connectivity index (χ1v) is 9.77. The lowest BCUT2D eigenvalue weighted by molar-refractivity contribution is 0.0488. The Hall–Kier alpha value is -1.17. The molecule has 128 valence electrons. The molecule has 0 heterocycles. The van der Waals surface area contributed by atoms with Gasteiger partial charge in [0, 0.05) is 18.6 Å². The van der Waals surface area contributed by atoms with Crippen molar-refractivity contribution in [3.63, 3.8) is 0 Å². The molecular weight excluding hydrogens is 310 g/mol. The van der Waals surface area contributed by atoms with Crippen molar-refractivity contribution in [3.8, 4) is 0 Å². The van der Waals surface area contributed by atoms with Gasteiger partial charge in [-0.25, -0.2) is 13.1 Å². The van der Waals surface area contributed by atoms with Crippen LogP contribution in [0.5, 0.6) is 0 Å². The molecule has 1 atom stereocenters. The summed E-state index contributed by atoms with van der Waals surface area (Å²) in [5, 5.41) is 10.4. The molecule has 1 aliphatic rings. The fourth-order valence-corrected chi connectivity index (χ4v) is 4.03. The molecular formula is C18H27NO3S. The maximum atomic E-state index is 12.2. The van der Waals surface area contributed by atoms with Crippen LogP contribution in [0.2, 0.25) is 0 Å². The quantitative estimate of drug-likeness (QED) is 0.766. The van der Waals surface area contributed by atoms with E-state index in [1.54, 1.807) is 6.08 Å². The molecule has 0 saturated heterocycles. The van der Waals surface area contributed by atoms with Crippen molar-refractivity contribution in [1.82, 2.24) is 4.72 Å². The molecule has 1 fully saturated rings. The molecule has 0 aliphatic heterocycles. The lowest BCUT2D eigenvalue weighted by atomic mass is 9.61. The number of sulfonamides is 1. The Bertz CT molecular complexity index is 631. The predicted octanol–water partition coefficient (Wildman–Crippen LogP) is 3.07. The molecule has 2 N–H and O–H groups in total. The van der Waals surface area contributed by atoms with Crippen LogP contribution < -0.4 is 4.72 Å². The van der Waals surface area contributed by atoms with Crippen LogP contribution in [0.15, 0.2) is 29.7 Å². The summed E-state index contributed by atoms with van der Waals surface area (Å²) in [7, 11) is -3.44. The van der Waals surface area contributed by atoms with Crippen molar-refractivity contribution in [2.45, 2.75) is 39.5 Å². The van der Waals surface area contributed by atoms with Crippen LogP contribution in [0, 0.1) is 18.3 Å². The second-order valence-electron chi connectivity index (χ2n) is 6.71. The predicted molar refractivity (Wildman–Crippen MR) is 94.3 cm³/mol. The van der Waals surface area contributed by atoms with Gasteiger partial charge in [-0.15, -0.1) is 0 Å². The molecule has 2 rings (SSSR count). The Morgan fingerprint density at radius 1 is 1.30 bits per heavy atom. The van der Waals surface area contributed by atoms with E-state index >= 15 is 0 Å². The molecule has 0 bridgehead atoms. The lowest BCUT2D eigenvalue weighted by Crippen LogP contribution is -2.46. The molecule has 4 nitrogen and oxygen atoms in total. The highest BCUT2D eigenvalue weighted by Gasteiger charge is 2.41. The van der Waals surface area contributed by atoms with Crippen LogP contribution in [0.25, 0.3) is 6.08 Å². The Morgan fingerprint density at radius 2 is 1.96 bits per heavy atom. The van der Waals surface area contributed by atoms with Crippen LogP contribution >= 0.6 is 0 Å². The van der Waals surface area contributed by atoms with E-state index in [9.17, 15) is 8.42 Å². The van der Waals surface area contributed by atoms with Gasteiger partial charge in [0.25, 0.3) is 0 Å². The third-order valence-corrected chi connectivity index (χ3v) is 6.14. The number of rotatable bonds is 8. The second-order valence-corrected chi connectivity index (χ2v) is 8.36. The van der Waals surface area contributed by atoms with Crippen LogP contribution in [0.1, 0.15) is 43.7 Å². The first-order valence-electron chi connectivity index (χ1n) is 8.22. The van der Waals surface area contributed by atoms with E-state index in [2.05, 4.69) is 11.6 Å². The minimum atomic E-state index is -3.44. The zero-order valence-electron chi connectivity index (χ0n) is 14.0. The number of aliphatic hydroxyl groups is 1. The number of hydrogen-bond acceptors (Lipinski definition) is 3. The minimum Gasteiger partial charge on any atom is -0.396 e. The van der Waals surface area contributed by atoms with Gasteiger partial charge >= 0.3 is 0 Å². The highest BCUT2D eigenvalue weighted by atomic mass is 32.2. The third-order valence-electron chi connectivity index (χ3n) is 5.10. The zero-order valence-corrected chi connectivity index (χ0v) is 14.8. The van der Waals surface area contributed by atoms with Crippen LogP contribution in [0.3, 0.4) is 0 Å². The molecule has 1 aromatic carbocycles. The Kier molecular flexibility index (Phi) is 6.00. The lowest BCUT2D eigenvalue weighted by Gasteiger charge is -2.46. The maximum absolute atomic E-state index is 12.2. The van der Waals surface area contributed by atoms with Crippen molar-refractivity contribution in [2.75, 3.05) is 13.2 Å². The standard InChI is InChI=1S/C18H27NO3S/c1-15-4-6-17(7-5-15)9-13-23(21,22)19-14-18(10-3-11-18)16(2)8-12-20/h4-7,9,13,16,19-20H,3,8,10-12,14H2,1-2H3. The smallest absolute Gasteiger partial charge is 0.233 e. The topological polar surface area (TPSA) is 66.4 Å². The SMILES string of the molecule is Cc1ccc(C=CS(=O)(=O)NCC2(C(C)CCO)CCC2)cc1. The summed E-state index contributed by atoms with van der Waals surface area (Å²) in [6.45, 7) is 4.71. The number of aryl methyl sites for hydroxylation is 1. The summed E-state index contributed by atoms with van der Waals surface area (Å²) < 4.78 is 27.1. The van der Waals surface area contributed by atoms with E-state index in [-0.39, 0.29) is 12.0 Å². The average molecular weight is 337 g/mol. The molecule has 1 aromatic rings. The Balaban J connectivity index is 1.96. The largest absolute Gasteiger partial charge is 0.396 e. The summed E-state index contributed by atoms with van der Waals surface area (Å²) in [5.41, 5.74) is 2.02. The molecule has 5 heteroatoms. The fourth-order valence-electron chi connectivity index (χ4n) is 3.11. The van der Waals surface area contributed by atoms with E-state index in [4.69, 9.17) is 5.11 Å². The number of aliphatic hydroxyl groups excluding tert-OH is 1. The molecule has 1 unspecified atom stereocenters. The van der Waals surface area contributed by atoms with Crippen molar-refractivity contribution >= 4 is 16.1 Å². The Labute approximate surface area is 139 Å². The van der Waals surface area contributed by atoms with Gasteiger partial charge in [0.05, 0.1) is 0 Å². The van der Waals surface area contributed by atoms with E-state index in [0.717, 1.165) is 36.8 Å². The van der Waals surface area contributed by atoms with Crippen molar-refractivity contribution in [2.24, 2.45) is 11.3 Å². The molecule has 0 radical (unpaired) electrons. The minimum absolute atomic E-state index is 0.00744. The summed E-state index contributed by atoms with van der Waals surface area (Å²) in [6.07, 6.45) is 5.53. The fraction of sp³-hybridized carbons (Fsp3) is 0.556. The number of benzene rings is 1.